The van der Waals surface area contributed by atoms with Gasteiger partial charge in [0, 0.05) is 33.0 Å². The average Bonchev–Trinajstić information content (AvgIpc) is 3.10. The predicted octanol–water partition coefficient (Wildman–Crippen LogP) is 2.90. The molecule has 0 aliphatic carbocycles. The topological polar surface area (TPSA) is 89.6 Å². The van der Waals surface area contributed by atoms with E-state index in [1.165, 1.54) is 4.90 Å². The van der Waals surface area contributed by atoms with Gasteiger partial charge in [0.2, 0.25) is 0 Å². The van der Waals surface area contributed by atoms with Crippen molar-refractivity contribution in [1.29, 1.82) is 0 Å². The lowest BCUT2D eigenvalue weighted by molar-refractivity contribution is -0.198. The van der Waals surface area contributed by atoms with Crippen LogP contribution in [0.3, 0.4) is 0 Å². The number of hydrogen-bond donors (Lipinski definition) is 1. The van der Waals surface area contributed by atoms with Gasteiger partial charge in [-0.15, -0.1) is 0 Å². The Morgan fingerprint density at radius 3 is 2.55 bits per heavy atom. The summed E-state index contributed by atoms with van der Waals surface area (Å²) in [4.78, 5) is 25.7. The van der Waals surface area contributed by atoms with Crippen LogP contribution >= 0.6 is 0 Å². The monoisotopic (exact) mass is 435 g/mol. The van der Waals surface area contributed by atoms with Crippen molar-refractivity contribution < 1.29 is 28.5 Å². The number of likely N-dealkylation sites (N-methyl/N-ethyl adjacent to an activating group) is 1. The zero-order valence-electron chi connectivity index (χ0n) is 18.8. The molecule has 1 aromatic rings. The molecule has 3 rings (SSSR count). The van der Waals surface area contributed by atoms with Crippen LogP contribution in [0.15, 0.2) is 30.3 Å². The van der Waals surface area contributed by atoms with E-state index in [-0.39, 0.29) is 18.8 Å². The molecule has 31 heavy (non-hydrogen) atoms. The summed E-state index contributed by atoms with van der Waals surface area (Å²) in [5.41, 5.74) is 3.16. The maximum Gasteiger partial charge on any atom is 0.422 e. The highest BCUT2D eigenvalue weighted by Gasteiger charge is 2.44. The Balaban J connectivity index is 1.38. The van der Waals surface area contributed by atoms with Gasteiger partial charge in [-0.25, -0.2) is 14.6 Å². The number of nitrogens with zero attached hydrogens (tertiary/aromatic N) is 2. The van der Waals surface area contributed by atoms with E-state index in [2.05, 4.69) is 5.43 Å². The van der Waals surface area contributed by atoms with Crippen molar-refractivity contribution in [3.05, 3.63) is 35.9 Å². The van der Waals surface area contributed by atoms with Gasteiger partial charge in [0.25, 0.3) is 0 Å². The molecule has 1 atom stereocenters. The van der Waals surface area contributed by atoms with Gasteiger partial charge in [0.1, 0.15) is 18.3 Å². The fourth-order valence-electron chi connectivity index (χ4n) is 3.53. The molecule has 2 heterocycles. The third-order valence-corrected chi connectivity index (χ3v) is 5.08. The molecule has 2 fully saturated rings. The zero-order valence-corrected chi connectivity index (χ0v) is 18.8. The number of benzene rings is 1. The SMILES string of the molecule is CN(CC1COC2(CCN(NC(=O)OCc3ccccc3)CC2)O1)C(=O)OC(C)(C)C. The van der Waals surface area contributed by atoms with Crippen molar-refractivity contribution >= 4 is 12.2 Å². The van der Waals surface area contributed by atoms with E-state index in [0.717, 1.165) is 5.56 Å². The maximum absolute atomic E-state index is 12.2. The van der Waals surface area contributed by atoms with Gasteiger partial charge in [-0.2, -0.15) is 0 Å². The molecule has 1 N–H and O–H groups in total. The van der Waals surface area contributed by atoms with E-state index < -0.39 is 17.5 Å². The predicted molar refractivity (Wildman–Crippen MR) is 113 cm³/mol. The molecular formula is C22H33N3O6. The lowest BCUT2D eigenvalue weighted by Crippen LogP contribution is -2.52. The van der Waals surface area contributed by atoms with Crippen LogP contribution in [-0.2, 0) is 25.6 Å². The number of ether oxygens (including phenoxy) is 4. The summed E-state index contributed by atoms with van der Waals surface area (Å²) in [6.45, 7) is 7.70. The smallest absolute Gasteiger partial charge is 0.422 e. The average molecular weight is 436 g/mol. The Labute approximate surface area is 183 Å². The third kappa shape index (κ3) is 7.09. The van der Waals surface area contributed by atoms with E-state index in [4.69, 9.17) is 18.9 Å². The number of carbonyl (C=O) groups is 2. The molecule has 2 aliphatic rings. The van der Waals surface area contributed by atoms with Crippen LogP contribution in [0.2, 0.25) is 0 Å². The summed E-state index contributed by atoms with van der Waals surface area (Å²) in [7, 11) is 1.69. The van der Waals surface area contributed by atoms with Gasteiger partial charge in [-0.1, -0.05) is 30.3 Å². The van der Waals surface area contributed by atoms with Gasteiger partial charge >= 0.3 is 12.2 Å². The summed E-state index contributed by atoms with van der Waals surface area (Å²) >= 11 is 0. The molecule has 0 radical (unpaired) electrons. The fraction of sp³-hybridized carbons (Fsp3) is 0.636. The summed E-state index contributed by atoms with van der Waals surface area (Å²) in [5.74, 6) is -0.675. The van der Waals surface area contributed by atoms with Gasteiger partial charge in [0.05, 0.1) is 13.2 Å². The van der Waals surface area contributed by atoms with E-state index in [1.807, 2.05) is 56.1 Å². The molecule has 0 aromatic heterocycles. The Bertz CT molecular complexity index is 743. The standard InChI is InChI=1S/C22H33N3O6/c1-21(2,3)31-20(27)24(4)14-18-16-29-22(30-18)10-12-25(13-11-22)23-19(26)28-15-17-8-6-5-7-9-17/h5-9,18H,10-16H2,1-4H3,(H,23,26). The highest BCUT2D eigenvalue weighted by atomic mass is 16.7. The van der Waals surface area contributed by atoms with Crippen LogP contribution < -0.4 is 5.43 Å². The van der Waals surface area contributed by atoms with Gasteiger partial charge in [-0.05, 0) is 26.3 Å². The van der Waals surface area contributed by atoms with E-state index in [0.29, 0.717) is 39.1 Å². The Hall–Kier alpha value is -2.36. The minimum absolute atomic E-state index is 0.215. The van der Waals surface area contributed by atoms with Crippen LogP contribution in [0.1, 0.15) is 39.2 Å². The lowest BCUT2D eigenvalue weighted by atomic mass is 10.1. The summed E-state index contributed by atoms with van der Waals surface area (Å²) < 4.78 is 22.8. The largest absolute Gasteiger partial charge is 0.444 e. The maximum atomic E-state index is 12.2. The summed E-state index contributed by atoms with van der Waals surface area (Å²) in [6.07, 6.45) is 0.139. The quantitative estimate of drug-likeness (QED) is 0.761. The molecule has 1 spiro atoms. The van der Waals surface area contributed by atoms with E-state index >= 15 is 0 Å². The first-order valence-corrected chi connectivity index (χ1v) is 10.6. The summed E-state index contributed by atoms with van der Waals surface area (Å²) in [5, 5.41) is 1.81. The first kappa shape index (κ1) is 23.3. The first-order valence-electron chi connectivity index (χ1n) is 10.6. The number of hydrogen-bond acceptors (Lipinski definition) is 7. The molecule has 1 unspecified atom stereocenters. The molecule has 0 bridgehead atoms. The number of amides is 2. The van der Waals surface area contributed by atoms with Crippen LogP contribution in [0.25, 0.3) is 0 Å². The van der Waals surface area contributed by atoms with Crippen molar-refractivity contribution in [2.75, 3.05) is 33.3 Å². The van der Waals surface area contributed by atoms with Crippen molar-refractivity contribution in [2.24, 2.45) is 0 Å². The second kappa shape index (κ2) is 9.84. The lowest BCUT2D eigenvalue weighted by Gasteiger charge is -2.37. The van der Waals surface area contributed by atoms with Crippen LogP contribution in [0, 0.1) is 0 Å². The highest BCUT2D eigenvalue weighted by Crippen LogP contribution is 2.34. The molecule has 1 aromatic carbocycles. The van der Waals surface area contributed by atoms with Crippen molar-refractivity contribution in [2.45, 2.75) is 57.7 Å². The third-order valence-electron chi connectivity index (χ3n) is 5.08. The van der Waals surface area contributed by atoms with Crippen molar-refractivity contribution in [3.8, 4) is 0 Å². The number of nitrogens with one attached hydrogen (secondary N) is 1. The van der Waals surface area contributed by atoms with Crippen molar-refractivity contribution in [3.63, 3.8) is 0 Å². The van der Waals surface area contributed by atoms with Crippen molar-refractivity contribution in [1.82, 2.24) is 15.3 Å². The molecule has 2 saturated heterocycles. The van der Waals surface area contributed by atoms with E-state index in [1.54, 1.807) is 7.05 Å². The number of rotatable bonds is 5. The molecule has 9 heteroatoms. The van der Waals surface area contributed by atoms with Crippen LogP contribution in [0.4, 0.5) is 9.59 Å². The summed E-state index contributed by atoms with van der Waals surface area (Å²) in [6, 6.07) is 9.54. The van der Waals surface area contributed by atoms with Gasteiger partial charge < -0.3 is 23.8 Å². The van der Waals surface area contributed by atoms with Gasteiger partial charge in [0.15, 0.2) is 5.79 Å². The van der Waals surface area contributed by atoms with Crippen LogP contribution in [0.5, 0.6) is 0 Å². The minimum atomic E-state index is -0.675. The number of hydrazine groups is 1. The van der Waals surface area contributed by atoms with E-state index in [9.17, 15) is 9.59 Å². The molecule has 2 amide bonds. The second-order valence-electron chi connectivity index (χ2n) is 8.98. The Kier molecular flexibility index (Phi) is 7.40. The highest BCUT2D eigenvalue weighted by molar-refractivity contribution is 5.67. The second-order valence-corrected chi connectivity index (χ2v) is 8.98. The fourth-order valence-corrected chi connectivity index (χ4v) is 3.53. The van der Waals surface area contributed by atoms with Gasteiger partial charge in [-0.3, -0.25) is 5.43 Å². The molecule has 9 nitrogen and oxygen atoms in total. The Morgan fingerprint density at radius 2 is 1.90 bits per heavy atom. The Morgan fingerprint density at radius 1 is 1.23 bits per heavy atom. The minimum Gasteiger partial charge on any atom is -0.444 e. The molecule has 0 saturated carbocycles. The van der Waals surface area contributed by atoms with Crippen LogP contribution in [-0.4, -0.2) is 72.9 Å². The number of piperidine rings is 1. The molecule has 2 aliphatic heterocycles. The first-order chi connectivity index (χ1) is 14.6. The molecular weight excluding hydrogens is 402 g/mol. The normalized spacial score (nSPS) is 21.0. The number of carbonyl (C=O) groups excluding carboxylic acids is 2. The molecule has 172 valence electrons. The zero-order chi connectivity index (χ0) is 22.5.